The van der Waals surface area contributed by atoms with E-state index in [1.54, 1.807) is 0 Å². The van der Waals surface area contributed by atoms with Crippen molar-refractivity contribution >= 4 is 23.5 Å². The first-order valence-corrected chi connectivity index (χ1v) is 8.14. The molecule has 22 heavy (non-hydrogen) atoms. The summed E-state index contributed by atoms with van der Waals surface area (Å²) in [7, 11) is 0. The Hall–Kier alpha value is -1.55. The van der Waals surface area contributed by atoms with E-state index in [-0.39, 0.29) is 23.3 Å². The van der Waals surface area contributed by atoms with Gasteiger partial charge in [-0.3, -0.25) is 9.59 Å². The largest absolute Gasteiger partial charge is 0.481 e. The van der Waals surface area contributed by atoms with E-state index in [2.05, 4.69) is 5.32 Å². The topological polar surface area (TPSA) is 66.4 Å². The van der Waals surface area contributed by atoms with Crippen molar-refractivity contribution in [3.8, 4) is 0 Å². The summed E-state index contributed by atoms with van der Waals surface area (Å²) in [6.45, 7) is 0. The van der Waals surface area contributed by atoms with Crippen molar-refractivity contribution in [2.75, 3.05) is 0 Å². The molecule has 4 nitrogen and oxygen atoms in total. The molecule has 5 heteroatoms. The molecule has 0 saturated heterocycles. The minimum Gasteiger partial charge on any atom is -0.481 e. The summed E-state index contributed by atoms with van der Waals surface area (Å²) in [5.41, 5.74) is 1.03. The summed E-state index contributed by atoms with van der Waals surface area (Å²) < 4.78 is 0. The molecule has 2 aliphatic carbocycles. The molecule has 0 heterocycles. The molecule has 0 spiro atoms. The standard InChI is InChI=1S/C17H20ClNO3/c18-14-5-1-11(2-6-14)10-17(7-8-17)19-15(20)12-3-4-13(9-12)16(21)22/h1-2,5-6,12-13H,3-4,7-10H2,(H,19,20)(H,21,22)/t12-,13+/m0/s1. The summed E-state index contributed by atoms with van der Waals surface area (Å²) >= 11 is 5.89. The number of carboxylic acids is 1. The van der Waals surface area contributed by atoms with Crippen LogP contribution in [0.1, 0.15) is 37.7 Å². The molecule has 0 bridgehead atoms. The van der Waals surface area contributed by atoms with Gasteiger partial charge in [-0.2, -0.15) is 0 Å². The second kappa shape index (κ2) is 5.92. The number of carboxylic acid groups (broad SMARTS) is 1. The van der Waals surface area contributed by atoms with Gasteiger partial charge in [0.2, 0.25) is 5.91 Å². The van der Waals surface area contributed by atoms with E-state index < -0.39 is 5.97 Å². The zero-order valence-corrected chi connectivity index (χ0v) is 13.1. The van der Waals surface area contributed by atoms with Gasteiger partial charge in [0, 0.05) is 16.5 Å². The van der Waals surface area contributed by atoms with E-state index in [1.165, 1.54) is 0 Å². The van der Waals surface area contributed by atoms with Crippen LogP contribution in [0.2, 0.25) is 5.02 Å². The number of aliphatic carboxylic acids is 1. The smallest absolute Gasteiger partial charge is 0.306 e. The summed E-state index contributed by atoms with van der Waals surface area (Å²) in [4.78, 5) is 23.4. The van der Waals surface area contributed by atoms with Gasteiger partial charge in [-0.25, -0.2) is 0 Å². The molecule has 1 amide bonds. The van der Waals surface area contributed by atoms with Gasteiger partial charge in [0.05, 0.1) is 5.92 Å². The third kappa shape index (κ3) is 3.43. The monoisotopic (exact) mass is 321 g/mol. The molecule has 3 rings (SSSR count). The first-order valence-electron chi connectivity index (χ1n) is 7.77. The number of benzene rings is 1. The molecule has 2 saturated carbocycles. The van der Waals surface area contributed by atoms with Crippen LogP contribution >= 0.6 is 11.6 Å². The molecular formula is C17H20ClNO3. The average molecular weight is 322 g/mol. The number of hydrogen-bond acceptors (Lipinski definition) is 2. The number of nitrogens with one attached hydrogen (secondary N) is 1. The van der Waals surface area contributed by atoms with Crippen molar-refractivity contribution in [3.63, 3.8) is 0 Å². The molecule has 0 aliphatic heterocycles. The van der Waals surface area contributed by atoms with Gasteiger partial charge >= 0.3 is 5.97 Å². The van der Waals surface area contributed by atoms with Gasteiger partial charge in [-0.1, -0.05) is 23.7 Å². The Kier molecular flexibility index (Phi) is 4.13. The van der Waals surface area contributed by atoms with Crippen molar-refractivity contribution in [1.82, 2.24) is 5.32 Å². The Morgan fingerprint density at radius 3 is 2.36 bits per heavy atom. The fourth-order valence-electron chi connectivity index (χ4n) is 3.30. The molecule has 2 N–H and O–H groups in total. The number of carbonyl (C=O) groups excluding carboxylic acids is 1. The van der Waals surface area contributed by atoms with Crippen molar-refractivity contribution in [3.05, 3.63) is 34.9 Å². The lowest BCUT2D eigenvalue weighted by Gasteiger charge is -2.20. The maximum Gasteiger partial charge on any atom is 0.306 e. The third-order valence-corrected chi connectivity index (χ3v) is 5.10. The van der Waals surface area contributed by atoms with E-state index in [1.807, 2.05) is 24.3 Å². The van der Waals surface area contributed by atoms with Gasteiger partial charge in [-0.15, -0.1) is 0 Å². The highest BCUT2D eigenvalue weighted by Crippen LogP contribution is 2.40. The van der Waals surface area contributed by atoms with Gasteiger partial charge < -0.3 is 10.4 Å². The fourth-order valence-corrected chi connectivity index (χ4v) is 3.42. The summed E-state index contributed by atoms with van der Waals surface area (Å²) in [5, 5.41) is 12.9. The first kappa shape index (κ1) is 15.3. The van der Waals surface area contributed by atoms with E-state index in [4.69, 9.17) is 16.7 Å². The maximum absolute atomic E-state index is 12.4. The zero-order chi connectivity index (χ0) is 15.7. The first-order chi connectivity index (χ1) is 10.5. The predicted octanol–water partition coefficient (Wildman–Crippen LogP) is 3.03. The molecule has 0 unspecified atom stereocenters. The fraction of sp³-hybridized carbons (Fsp3) is 0.529. The Labute approximate surface area is 134 Å². The van der Waals surface area contributed by atoms with E-state index >= 15 is 0 Å². The molecule has 1 aromatic rings. The summed E-state index contributed by atoms with van der Waals surface area (Å²) in [6, 6.07) is 7.71. The summed E-state index contributed by atoms with van der Waals surface area (Å²) in [5.74, 6) is -1.27. The Morgan fingerprint density at radius 2 is 1.82 bits per heavy atom. The van der Waals surface area contributed by atoms with Gasteiger partial charge in [0.15, 0.2) is 0 Å². The number of halogens is 1. The molecule has 0 aromatic heterocycles. The number of carbonyl (C=O) groups is 2. The van der Waals surface area contributed by atoms with Crippen molar-refractivity contribution < 1.29 is 14.7 Å². The number of rotatable bonds is 5. The van der Waals surface area contributed by atoms with Gasteiger partial charge in [-0.05, 0) is 56.2 Å². The van der Waals surface area contributed by atoms with Crippen LogP contribution in [-0.4, -0.2) is 22.5 Å². The quantitative estimate of drug-likeness (QED) is 0.876. The van der Waals surface area contributed by atoms with Crippen LogP contribution in [0.15, 0.2) is 24.3 Å². The molecule has 118 valence electrons. The lowest BCUT2D eigenvalue weighted by Crippen LogP contribution is -2.41. The highest BCUT2D eigenvalue weighted by molar-refractivity contribution is 6.30. The SMILES string of the molecule is O=C(O)[C@@H]1CC[C@H](C(=O)NC2(Cc3ccc(Cl)cc3)CC2)C1. The minimum absolute atomic E-state index is 0.0233. The molecule has 2 atom stereocenters. The number of amides is 1. The second-order valence-corrected chi connectivity index (χ2v) is 7.05. The normalized spacial score (nSPS) is 25.7. The van der Waals surface area contributed by atoms with Crippen molar-refractivity contribution in [2.45, 2.75) is 44.1 Å². The molecule has 1 aromatic carbocycles. The van der Waals surface area contributed by atoms with Crippen LogP contribution < -0.4 is 5.32 Å². The van der Waals surface area contributed by atoms with Crippen LogP contribution in [0.5, 0.6) is 0 Å². The molecule has 0 radical (unpaired) electrons. The van der Waals surface area contributed by atoms with Crippen LogP contribution in [0.25, 0.3) is 0 Å². The van der Waals surface area contributed by atoms with Crippen LogP contribution in [-0.2, 0) is 16.0 Å². The predicted molar refractivity (Wildman–Crippen MR) is 83.7 cm³/mol. The van der Waals surface area contributed by atoms with Crippen molar-refractivity contribution in [2.24, 2.45) is 11.8 Å². The van der Waals surface area contributed by atoms with Crippen molar-refractivity contribution in [1.29, 1.82) is 0 Å². The van der Waals surface area contributed by atoms with Gasteiger partial charge in [0.25, 0.3) is 0 Å². The average Bonchev–Trinajstić information content (AvgIpc) is 3.04. The lowest BCUT2D eigenvalue weighted by atomic mass is 10.0. The number of hydrogen-bond donors (Lipinski definition) is 2. The van der Waals surface area contributed by atoms with Crippen LogP contribution in [0.3, 0.4) is 0 Å². The Bertz CT molecular complexity index is 580. The van der Waals surface area contributed by atoms with E-state index in [9.17, 15) is 9.59 Å². The zero-order valence-electron chi connectivity index (χ0n) is 12.3. The van der Waals surface area contributed by atoms with E-state index in [0.717, 1.165) is 24.8 Å². The van der Waals surface area contributed by atoms with Crippen LogP contribution in [0, 0.1) is 11.8 Å². The van der Waals surface area contributed by atoms with Crippen LogP contribution in [0.4, 0.5) is 0 Å². The third-order valence-electron chi connectivity index (χ3n) is 4.85. The highest BCUT2D eigenvalue weighted by Gasteiger charge is 2.45. The molecule has 2 aliphatic rings. The Balaban J connectivity index is 1.57. The maximum atomic E-state index is 12.4. The highest BCUT2D eigenvalue weighted by atomic mass is 35.5. The second-order valence-electron chi connectivity index (χ2n) is 6.62. The minimum atomic E-state index is -0.780. The lowest BCUT2D eigenvalue weighted by molar-refractivity contribution is -0.141. The Morgan fingerprint density at radius 1 is 1.18 bits per heavy atom. The molecular weight excluding hydrogens is 302 g/mol. The molecule has 2 fully saturated rings. The summed E-state index contributed by atoms with van der Waals surface area (Å²) in [6.07, 6.45) is 4.54. The van der Waals surface area contributed by atoms with E-state index in [0.29, 0.717) is 24.3 Å². The van der Waals surface area contributed by atoms with Gasteiger partial charge in [0.1, 0.15) is 0 Å².